The molecule has 2 aromatic carbocycles. The third-order valence-electron chi connectivity index (χ3n) is 4.66. The van der Waals surface area contributed by atoms with Crippen LogP contribution in [0.25, 0.3) is 5.69 Å². The summed E-state index contributed by atoms with van der Waals surface area (Å²) in [5.41, 5.74) is 7.52. The molecule has 8 nitrogen and oxygen atoms in total. The minimum Gasteiger partial charge on any atom is -0.366 e. The molecule has 0 unspecified atom stereocenters. The van der Waals surface area contributed by atoms with Crippen LogP contribution in [0.1, 0.15) is 34.1 Å². The Labute approximate surface area is 188 Å². The number of nitrogens with one attached hydrogen (secondary N) is 1. The van der Waals surface area contributed by atoms with Gasteiger partial charge in [0.25, 0.3) is 5.91 Å². The van der Waals surface area contributed by atoms with Crippen molar-refractivity contribution in [3.8, 4) is 5.69 Å². The molecule has 0 saturated carbocycles. The highest BCUT2D eigenvalue weighted by Gasteiger charge is 2.16. The van der Waals surface area contributed by atoms with Crippen molar-refractivity contribution in [1.29, 1.82) is 0 Å². The van der Waals surface area contributed by atoms with Gasteiger partial charge in [-0.3, -0.25) is 14.4 Å². The van der Waals surface area contributed by atoms with Gasteiger partial charge in [-0.1, -0.05) is 0 Å². The Morgan fingerprint density at radius 1 is 1.06 bits per heavy atom. The molecule has 9 heteroatoms. The predicted molar refractivity (Wildman–Crippen MR) is 121 cm³/mol. The molecule has 0 fully saturated rings. The van der Waals surface area contributed by atoms with Gasteiger partial charge in [0.05, 0.1) is 16.4 Å². The highest BCUT2D eigenvalue weighted by atomic mass is 79.9. The van der Waals surface area contributed by atoms with Crippen LogP contribution >= 0.6 is 15.9 Å². The van der Waals surface area contributed by atoms with E-state index in [2.05, 4.69) is 26.3 Å². The molecule has 0 atom stereocenters. The highest BCUT2D eigenvalue weighted by Crippen LogP contribution is 2.15. The number of hydrogen-bond acceptors (Lipinski definition) is 4. The van der Waals surface area contributed by atoms with Gasteiger partial charge in [0.15, 0.2) is 0 Å². The zero-order valence-electron chi connectivity index (χ0n) is 16.9. The lowest BCUT2D eigenvalue weighted by molar-refractivity contribution is -0.116. The zero-order chi connectivity index (χ0) is 22.4. The van der Waals surface area contributed by atoms with Crippen molar-refractivity contribution >= 4 is 39.3 Å². The zero-order valence-corrected chi connectivity index (χ0v) is 18.5. The number of primary amides is 1. The van der Waals surface area contributed by atoms with Crippen LogP contribution in [0, 0.1) is 0 Å². The Morgan fingerprint density at radius 2 is 1.71 bits per heavy atom. The largest absolute Gasteiger partial charge is 0.366 e. The lowest BCUT2D eigenvalue weighted by Gasteiger charge is -2.21. The van der Waals surface area contributed by atoms with Gasteiger partial charge in [-0.2, -0.15) is 5.10 Å². The summed E-state index contributed by atoms with van der Waals surface area (Å²) in [5, 5.41) is 6.97. The fourth-order valence-corrected chi connectivity index (χ4v) is 3.25. The van der Waals surface area contributed by atoms with Gasteiger partial charge in [0, 0.05) is 42.5 Å². The molecule has 0 bridgehead atoms. The Hall–Kier alpha value is -3.46. The number of benzene rings is 2. The molecule has 0 radical (unpaired) electrons. The van der Waals surface area contributed by atoms with Crippen molar-refractivity contribution in [1.82, 2.24) is 14.7 Å². The number of amides is 3. The molecule has 31 heavy (non-hydrogen) atoms. The van der Waals surface area contributed by atoms with Gasteiger partial charge in [-0.05, 0) is 71.4 Å². The third-order valence-corrected chi connectivity index (χ3v) is 5.07. The van der Waals surface area contributed by atoms with Crippen LogP contribution in [0.5, 0.6) is 0 Å². The van der Waals surface area contributed by atoms with Gasteiger partial charge < -0.3 is 16.0 Å². The summed E-state index contributed by atoms with van der Waals surface area (Å²) < 4.78 is 2.57. The van der Waals surface area contributed by atoms with E-state index in [-0.39, 0.29) is 24.8 Å². The smallest absolute Gasteiger partial charge is 0.253 e. The van der Waals surface area contributed by atoms with E-state index in [9.17, 15) is 14.4 Å². The fourth-order valence-electron chi connectivity index (χ4n) is 2.96. The van der Waals surface area contributed by atoms with E-state index < -0.39 is 5.91 Å². The molecular formula is C22H22BrN5O3. The van der Waals surface area contributed by atoms with E-state index in [0.717, 1.165) is 10.2 Å². The van der Waals surface area contributed by atoms with Crippen molar-refractivity contribution < 1.29 is 14.4 Å². The van der Waals surface area contributed by atoms with Crippen molar-refractivity contribution in [3.63, 3.8) is 0 Å². The molecular weight excluding hydrogens is 462 g/mol. The summed E-state index contributed by atoms with van der Waals surface area (Å²) in [6.45, 7) is 2.63. The number of carbonyl (C=O) groups excluding carboxylic acids is 3. The van der Waals surface area contributed by atoms with Gasteiger partial charge in [0.2, 0.25) is 11.8 Å². The second-order valence-corrected chi connectivity index (χ2v) is 7.69. The number of halogens is 1. The van der Waals surface area contributed by atoms with E-state index in [0.29, 0.717) is 23.4 Å². The van der Waals surface area contributed by atoms with Crippen LogP contribution in [0.3, 0.4) is 0 Å². The predicted octanol–water partition coefficient (Wildman–Crippen LogP) is 3.22. The fraction of sp³-hybridized carbons (Fsp3) is 0.182. The maximum absolute atomic E-state index is 12.8. The molecule has 3 amide bonds. The Kier molecular flexibility index (Phi) is 7.19. The average molecular weight is 484 g/mol. The van der Waals surface area contributed by atoms with E-state index in [4.69, 9.17) is 5.73 Å². The third kappa shape index (κ3) is 5.79. The molecule has 1 aromatic heterocycles. The molecule has 160 valence electrons. The summed E-state index contributed by atoms with van der Waals surface area (Å²) >= 11 is 3.36. The molecule has 1 heterocycles. The van der Waals surface area contributed by atoms with E-state index in [1.165, 1.54) is 0 Å². The number of aromatic nitrogens is 2. The number of anilines is 1. The normalized spacial score (nSPS) is 10.5. The van der Waals surface area contributed by atoms with Gasteiger partial charge >= 0.3 is 0 Å². The monoisotopic (exact) mass is 483 g/mol. The number of nitrogens with two attached hydrogens (primary N) is 1. The quantitative estimate of drug-likeness (QED) is 0.512. The van der Waals surface area contributed by atoms with E-state index in [1.54, 1.807) is 52.2 Å². The average Bonchev–Trinajstić information content (AvgIpc) is 3.20. The van der Waals surface area contributed by atoms with Crippen LogP contribution in [-0.2, 0) is 4.79 Å². The lowest BCUT2D eigenvalue weighted by atomic mass is 10.1. The van der Waals surface area contributed by atoms with Crippen LogP contribution in [0.4, 0.5) is 5.69 Å². The molecule has 3 aromatic rings. The minimum atomic E-state index is -0.527. The van der Waals surface area contributed by atoms with Crippen molar-refractivity contribution in [2.75, 3.05) is 18.4 Å². The standard InChI is InChI=1S/C22H22BrN5O3/c1-2-27(12-11-20(29)26-18-7-3-15(4-8-18)21(24)30)22(31)16-5-9-19(10-6-16)28-14-17(23)13-25-28/h3-10,13-14H,2,11-12H2,1H3,(H2,24,30)(H,26,29). The van der Waals surface area contributed by atoms with E-state index in [1.807, 2.05) is 25.3 Å². The summed E-state index contributed by atoms with van der Waals surface area (Å²) in [4.78, 5) is 37.8. The molecule has 0 aliphatic carbocycles. The first kappa shape index (κ1) is 22.2. The van der Waals surface area contributed by atoms with Gasteiger partial charge in [-0.15, -0.1) is 0 Å². The number of rotatable bonds is 8. The number of nitrogens with zero attached hydrogens (tertiary/aromatic N) is 3. The summed E-state index contributed by atoms with van der Waals surface area (Å²) in [6.07, 6.45) is 3.67. The maximum Gasteiger partial charge on any atom is 0.253 e. The topological polar surface area (TPSA) is 110 Å². The SMILES string of the molecule is CCN(CCC(=O)Nc1ccc(C(N)=O)cc1)C(=O)c1ccc(-n2cc(Br)cn2)cc1. The number of carbonyl (C=O) groups is 3. The molecule has 0 aliphatic rings. The van der Waals surface area contributed by atoms with Crippen LogP contribution in [0.2, 0.25) is 0 Å². The summed E-state index contributed by atoms with van der Waals surface area (Å²) in [5.74, 6) is -0.896. The first-order chi connectivity index (χ1) is 14.9. The molecule has 3 N–H and O–H groups in total. The highest BCUT2D eigenvalue weighted by molar-refractivity contribution is 9.10. The molecule has 0 spiro atoms. The molecule has 0 saturated heterocycles. The summed E-state index contributed by atoms with van der Waals surface area (Å²) in [7, 11) is 0. The molecule has 0 aliphatic heterocycles. The minimum absolute atomic E-state index is 0.144. The van der Waals surface area contributed by atoms with Crippen molar-refractivity contribution in [3.05, 3.63) is 76.5 Å². The van der Waals surface area contributed by atoms with E-state index >= 15 is 0 Å². The first-order valence-corrected chi connectivity index (χ1v) is 10.5. The Bertz CT molecular complexity index is 1080. The maximum atomic E-state index is 12.8. The Morgan fingerprint density at radius 3 is 2.26 bits per heavy atom. The second kappa shape index (κ2) is 10.0. The van der Waals surface area contributed by atoms with Crippen LogP contribution in [0.15, 0.2) is 65.4 Å². The van der Waals surface area contributed by atoms with Crippen molar-refractivity contribution in [2.45, 2.75) is 13.3 Å². The Balaban J connectivity index is 1.56. The lowest BCUT2D eigenvalue weighted by Crippen LogP contribution is -2.33. The molecule has 3 rings (SSSR count). The van der Waals surface area contributed by atoms with Crippen LogP contribution in [-0.4, -0.2) is 45.5 Å². The first-order valence-electron chi connectivity index (χ1n) is 9.67. The second-order valence-electron chi connectivity index (χ2n) is 6.77. The summed E-state index contributed by atoms with van der Waals surface area (Å²) in [6, 6.07) is 13.5. The van der Waals surface area contributed by atoms with Crippen LogP contribution < -0.4 is 11.1 Å². The van der Waals surface area contributed by atoms with Crippen molar-refractivity contribution in [2.24, 2.45) is 5.73 Å². The van der Waals surface area contributed by atoms with Gasteiger partial charge in [-0.25, -0.2) is 4.68 Å². The number of hydrogen-bond donors (Lipinski definition) is 2. The van der Waals surface area contributed by atoms with Gasteiger partial charge in [0.1, 0.15) is 0 Å².